The molecule has 0 radical (unpaired) electrons. The Hall–Kier alpha value is -3.73. The summed E-state index contributed by atoms with van der Waals surface area (Å²) in [5.41, 5.74) is 8.93. The third-order valence-electron chi connectivity index (χ3n) is 15.3. The van der Waals surface area contributed by atoms with E-state index in [4.69, 9.17) is 36.3 Å². The van der Waals surface area contributed by atoms with Crippen molar-refractivity contribution in [3.63, 3.8) is 0 Å². The summed E-state index contributed by atoms with van der Waals surface area (Å²) in [6, 6.07) is 5.35. The fraction of sp³-hybridized carbons (Fsp3) is 0.673. The second kappa shape index (κ2) is 26.8. The van der Waals surface area contributed by atoms with Crippen molar-refractivity contribution in [3.8, 4) is 0 Å². The number of methoxy groups -OCH3 is 2. The van der Waals surface area contributed by atoms with Gasteiger partial charge >= 0.3 is 5.97 Å². The topological polar surface area (TPSA) is 207 Å². The molecule has 0 aromatic heterocycles. The van der Waals surface area contributed by atoms with Crippen LogP contribution in [0.5, 0.6) is 0 Å². The van der Waals surface area contributed by atoms with Crippen molar-refractivity contribution in [1.82, 2.24) is 4.90 Å². The number of carbonyl (C=O) groups excluding carboxylic acids is 4. The van der Waals surface area contributed by atoms with E-state index in [1.165, 1.54) is 12.0 Å². The van der Waals surface area contributed by atoms with E-state index in [0.29, 0.717) is 81.2 Å². The Morgan fingerprint density at radius 1 is 0.886 bits per heavy atom. The molecule has 3 heterocycles. The summed E-state index contributed by atoms with van der Waals surface area (Å²) in [6.45, 7) is 11.4. The average Bonchev–Trinajstić information content (AvgIpc) is 3.33. The summed E-state index contributed by atoms with van der Waals surface area (Å²) in [6.07, 6.45) is 13.7. The van der Waals surface area contributed by atoms with E-state index in [0.717, 1.165) is 17.7 Å². The van der Waals surface area contributed by atoms with Crippen LogP contribution in [-0.2, 0) is 38.1 Å². The number of amides is 1. The van der Waals surface area contributed by atoms with Gasteiger partial charge in [0, 0.05) is 55.4 Å². The van der Waals surface area contributed by atoms with Crippen LogP contribution >= 0.6 is 11.6 Å². The first kappa shape index (κ1) is 57.2. The highest BCUT2D eigenvalue weighted by molar-refractivity contribution is 6.39. The predicted octanol–water partition coefficient (Wildman–Crippen LogP) is 7.81. The fourth-order valence-electron chi connectivity index (χ4n) is 10.8. The molecule has 70 heavy (non-hydrogen) atoms. The number of aliphatic hydroxyl groups is 3. The molecule has 1 aliphatic carbocycles. The average molecular weight is 997 g/mol. The minimum Gasteiger partial charge on any atom is -0.461 e. The normalized spacial score (nSPS) is 38.2. The SMILES string of the molecule is CO[C@@H]1CC(C[C@@H](C)[C@@H]2CC[C@H](N)/C=C(\C)[C@@H](O)[C@@H](OC)C(=O)[C@H](C)C[C@H](C)/C=C/C=C/C=C(\C)C(Nc3ccc(Cl)cc3)C[C@@H]3CCC(C)[C@@](O)(O3)C(=O)C(=O)N3CCCCC3C(=O)O2)CC[C@H]1O. The first-order valence-electron chi connectivity index (χ1n) is 25.6. The zero-order chi connectivity index (χ0) is 51.3. The minimum absolute atomic E-state index is 0.0271. The Balaban J connectivity index is 1.48. The van der Waals surface area contributed by atoms with Gasteiger partial charge < -0.3 is 50.2 Å². The Bertz CT molecular complexity index is 2030. The highest BCUT2D eigenvalue weighted by Gasteiger charge is 2.53. The molecule has 6 N–H and O–H groups in total. The Morgan fingerprint density at radius 3 is 2.31 bits per heavy atom. The fourth-order valence-corrected chi connectivity index (χ4v) is 10.9. The Morgan fingerprint density at radius 2 is 1.61 bits per heavy atom. The van der Waals surface area contributed by atoms with Crippen molar-refractivity contribution in [2.24, 2.45) is 35.3 Å². The second-order valence-corrected chi connectivity index (χ2v) is 21.3. The van der Waals surface area contributed by atoms with E-state index in [1.54, 1.807) is 39.2 Å². The molecular formula is C55H82ClN3O11. The monoisotopic (exact) mass is 996 g/mol. The van der Waals surface area contributed by atoms with Gasteiger partial charge in [0.05, 0.1) is 18.3 Å². The molecule has 4 aliphatic rings. The van der Waals surface area contributed by atoms with E-state index >= 15 is 0 Å². The molecule has 15 heteroatoms. The Labute approximate surface area is 421 Å². The van der Waals surface area contributed by atoms with Crippen LogP contribution < -0.4 is 11.1 Å². The standard InChI is InChI=1S/C55H82ClN3O11/c1-33-14-10-9-11-15-34(2)44(58-42-22-19-40(56)20-23-42)32-43-24-17-38(6)55(66,70-43)52(63)53(64)59-27-13-12-16-45(59)54(65)69-47(35(3)29-39-18-25-46(60)48(31-39)67-7)26-21-41(57)30-37(5)50(62)51(68-8)49(61)36(4)28-33/h9-11,14-15,19-20,22-23,30,33,35-36,38-39,41,43-48,50-51,58,60,62,66H,12-13,16-18,21,24-29,31-32,57H2,1-8H3/b11-9+,14-10+,34-15+,37-30+/t33-,35-,36-,38?,39?,41+,43+,44?,45?,46-,47+,48-,50-,51+,55-/m1/s1. The number of rotatable bonds is 7. The minimum atomic E-state index is -2.43. The van der Waals surface area contributed by atoms with Gasteiger partial charge in [-0.2, -0.15) is 0 Å². The van der Waals surface area contributed by atoms with Crippen molar-refractivity contribution in [2.75, 3.05) is 26.1 Å². The van der Waals surface area contributed by atoms with Crippen LogP contribution in [0.4, 0.5) is 5.69 Å². The lowest BCUT2D eigenvalue weighted by atomic mass is 9.78. The quantitative estimate of drug-likeness (QED) is 0.101. The van der Waals surface area contributed by atoms with Crippen molar-refractivity contribution in [3.05, 3.63) is 76.9 Å². The molecule has 2 saturated heterocycles. The number of hydrogen-bond acceptors (Lipinski definition) is 13. The molecule has 0 spiro atoms. The number of ether oxygens (including phenoxy) is 4. The van der Waals surface area contributed by atoms with Crippen molar-refractivity contribution in [1.29, 1.82) is 0 Å². The van der Waals surface area contributed by atoms with Gasteiger partial charge in [-0.05, 0) is 145 Å². The van der Waals surface area contributed by atoms with Gasteiger partial charge in [0.15, 0.2) is 5.78 Å². The maximum atomic E-state index is 14.5. The van der Waals surface area contributed by atoms with E-state index in [9.17, 15) is 34.5 Å². The number of esters is 1. The number of nitrogens with one attached hydrogen (secondary N) is 1. The predicted molar refractivity (Wildman–Crippen MR) is 272 cm³/mol. The maximum absolute atomic E-state index is 14.5. The van der Waals surface area contributed by atoms with Crippen LogP contribution in [0, 0.1) is 29.6 Å². The van der Waals surface area contributed by atoms with Gasteiger partial charge in [-0.1, -0.05) is 81.3 Å². The first-order chi connectivity index (χ1) is 33.3. The number of Topliss-reactive ketones (excluding diaryl/α,β-unsaturated/α-hetero) is 2. The van der Waals surface area contributed by atoms with Crippen LogP contribution in [0.2, 0.25) is 5.02 Å². The number of piperidine rings is 1. The second-order valence-electron chi connectivity index (χ2n) is 20.9. The smallest absolute Gasteiger partial charge is 0.329 e. The number of aliphatic hydroxyl groups excluding tert-OH is 2. The largest absolute Gasteiger partial charge is 0.461 e. The van der Waals surface area contributed by atoms with Crippen LogP contribution in [0.1, 0.15) is 125 Å². The molecule has 390 valence electrons. The highest BCUT2D eigenvalue weighted by atomic mass is 35.5. The number of fused-ring (bicyclic) bond motifs is 3. The number of carbonyl (C=O) groups is 4. The van der Waals surface area contributed by atoms with Gasteiger partial charge in [-0.3, -0.25) is 14.4 Å². The number of benzene rings is 1. The third kappa shape index (κ3) is 15.4. The van der Waals surface area contributed by atoms with Crippen molar-refractivity contribution < 1.29 is 53.4 Å². The molecule has 1 saturated carbocycles. The summed E-state index contributed by atoms with van der Waals surface area (Å²) in [4.78, 5) is 58.4. The summed E-state index contributed by atoms with van der Waals surface area (Å²) in [7, 11) is 3.01. The van der Waals surface area contributed by atoms with Crippen molar-refractivity contribution in [2.45, 2.75) is 186 Å². The molecule has 14 nitrogen and oxygen atoms in total. The summed E-state index contributed by atoms with van der Waals surface area (Å²) in [5.74, 6) is -6.44. The molecule has 1 aromatic rings. The number of cyclic esters (lactones) is 1. The molecule has 3 aliphatic heterocycles. The van der Waals surface area contributed by atoms with E-state index in [1.807, 2.05) is 70.2 Å². The number of allylic oxidation sites excluding steroid dienone is 5. The van der Waals surface area contributed by atoms with E-state index in [2.05, 4.69) is 5.32 Å². The number of hydrogen-bond donors (Lipinski definition) is 5. The van der Waals surface area contributed by atoms with Crippen LogP contribution in [0.15, 0.2) is 71.9 Å². The van der Waals surface area contributed by atoms with Gasteiger partial charge in [-0.25, -0.2) is 4.79 Å². The number of ketones is 2. The number of nitrogens with zero attached hydrogens (tertiary/aromatic N) is 1. The van der Waals surface area contributed by atoms with Crippen LogP contribution in [0.25, 0.3) is 0 Å². The summed E-state index contributed by atoms with van der Waals surface area (Å²) in [5, 5.41) is 38.3. The molecule has 2 bridgehead atoms. The van der Waals surface area contributed by atoms with E-state index < -0.39 is 77.9 Å². The summed E-state index contributed by atoms with van der Waals surface area (Å²) >= 11 is 6.22. The molecule has 1 amide bonds. The number of halogens is 1. The molecule has 3 fully saturated rings. The van der Waals surface area contributed by atoms with Crippen LogP contribution in [-0.4, -0.2) is 125 Å². The lowest BCUT2D eigenvalue weighted by Gasteiger charge is -2.43. The summed E-state index contributed by atoms with van der Waals surface area (Å²) < 4.78 is 24.0. The van der Waals surface area contributed by atoms with Gasteiger partial charge in [0.1, 0.15) is 24.4 Å². The lowest BCUT2D eigenvalue weighted by Crippen LogP contribution is -2.61. The Kier molecular flexibility index (Phi) is 21.9. The van der Waals surface area contributed by atoms with Gasteiger partial charge in [0.25, 0.3) is 11.7 Å². The van der Waals surface area contributed by atoms with Gasteiger partial charge in [0.2, 0.25) is 5.79 Å². The number of nitrogens with two attached hydrogens (primary N) is 1. The highest BCUT2D eigenvalue weighted by Crippen LogP contribution is 2.38. The third-order valence-corrected chi connectivity index (χ3v) is 15.5. The molecule has 1 aromatic carbocycles. The van der Waals surface area contributed by atoms with Crippen LogP contribution in [0.3, 0.4) is 0 Å². The first-order valence-corrected chi connectivity index (χ1v) is 26.0. The van der Waals surface area contributed by atoms with E-state index in [-0.39, 0.29) is 48.6 Å². The number of anilines is 1. The molecule has 4 unspecified atom stereocenters. The zero-order valence-electron chi connectivity index (χ0n) is 42.8. The molecule has 5 rings (SSSR count). The molecular weight excluding hydrogens is 914 g/mol. The van der Waals surface area contributed by atoms with Gasteiger partial charge in [-0.15, -0.1) is 0 Å². The van der Waals surface area contributed by atoms with Crippen molar-refractivity contribution >= 4 is 40.7 Å². The maximum Gasteiger partial charge on any atom is 0.329 e. The molecule has 15 atom stereocenters. The zero-order valence-corrected chi connectivity index (χ0v) is 43.5. The lowest BCUT2D eigenvalue weighted by molar-refractivity contribution is -0.263.